The highest BCUT2D eigenvalue weighted by Crippen LogP contribution is 2.46. The predicted octanol–water partition coefficient (Wildman–Crippen LogP) is 4.86. The summed E-state index contributed by atoms with van der Waals surface area (Å²) in [6, 6.07) is 12.2. The van der Waals surface area contributed by atoms with Gasteiger partial charge >= 0.3 is 0 Å². The summed E-state index contributed by atoms with van der Waals surface area (Å²) in [6.07, 6.45) is 1.90. The Labute approximate surface area is 232 Å². The van der Waals surface area contributed by atoms with Crippen molar-refractivity contribution in [2.75, 3.05) is 10.2 Å². The molecule has 0 spiro atoms. The lowest BCUT2D eigenvalue weighted by Gasteiger charge is -2.48. The van der Waals surface area contributed by atoms with Crippen molar-refractivity contribution >= 4 is 41.0 Å². The van der Waals surface area contributed by atoms with Crippen LogP contribution in [0, 0.1) is 5.82 Å². The fourth-order valence-electron chi connectivity index (χ4n) is 5.45. The average molecular weight is 572 g/mol. The Kier molecular flexibility index (Phi) is 7.50. The van der Waals surface area contributed by atoms with Crippen molar-refractivity contribution in [1.82, 2.24) is 15.3 Å². The van der Waals surface area contributed by atoms with Gasteiger partial charge in [0.25, 0.3) is 11.8 Å². The van der Waals surface area contributed by atoms with Gasteiger partial charge in [-0.05, 0) is 48.7 Å². The zero-order valence-electron chi connectivity index (χ0n) is 21.1. The quantitative estimate of drug-likeness (QED) is 0.421. The number of benzene rings is 2. The van der Waals surface area contributed by atoms with Crippen molar-refractivity contribution in [3.8, 4) is 0 Å². The van der Waals surface area contributed by atoms with E-state index in [0.717, 1.165) is 11.0 Å². The molecule has 3 amide bonds. The van der Waals surface area contributed by atoms with E-state index in [1.54, 1.807) is 18.2 Å². The van der Waals surface area contributed by atoms with Gasteiger partial charge in [-0.2, -0.15) is 0 Å². The van der Waals surface area contributed by atoms with Crippen molar-refractivity contribution in [2.45, 2.75) is 55.5 Å². The van der Waals surface area contributed by atoms with Gasteiger partial charge in [-0.1, -0.05) is 35.9 Å². The molecule has 0 radical (unpaired) electrons. The van der Waals surface area contributed by atoms with Gasteiger partial charge in [0.2, 0.25) is 17.8 Å². The summed E-state index contributed by atoms with van der Waals surface area (Å²) in [5, 5.41) is 5.43. The van der Waals surface area contributed by atoms with Crippen molar-refractivity contribution in [3.05, 3.63) is 83.4 Å². The summed E-state index contributed by atoms with van der Waals surface area (Å²) >= 11 is 6.57. The normalized spacial score (nSPS) is 21.3. The molecule has 40 heavy (non-hydrogen) atoms. The number of carbonyl (C=O) groups is 3. The standard InChI is InChI=1S/C28H25ClF3N5O3/c29-21-9-2-1-8-20(21)23(24(39)35-19-15-27(31,32)16-19)28(25(40)36-18-7-3-6-17(30)14-18)11-4-10-22(38)37(28)26-33-12-5-13-34-26/h1-3,5-9,12-14,19,23H,4,10-11,15-16H2,(H,35,39)(H,36,40)/t23-,28?/m1/s1. The summed E-state index contributed by atoms with van der Waals surface area (Å²) in [5.41, 5.74) is -1.70. The lowest BCUT2D eigenvalue weighted by Crippen LogP contribution is -2.68. The smallest absolute Gasteiger partial charge is 0.252 e. The Bertz CT molecular complexity index is 1440. The lowest BCUT2D eigenvalue weighted by atomic mass is 9.70. The van der Waals surface area contributed by atoms with Crippen LogP contribution in [0.2, 0.25) is 5.02 Å². The number of piperidine rings is 1. The maximum atomic E-state index is 14.4. The van der Waals surface area contributed by atoms with E-state index in [1.807, 2.05) is 0 Å². The Morgan fingerprint density at radius 2 is 1.77 bits per heavy atom. The largest absolute Gasteiger partial charge is 0.352 e. The third-order valence-electron chi connectivity index (χ3n) is 7.22. The zero-order valence-corrected chi connectivity index (χ0v) is 21.9. The molecule has 2 atom stereocenters. The van der Waals surface area contributed by atoms with Crippen molar-refractivity contribution < 1.29 is 27.6 Å². The van der Waals surface area contributed by atoms with Gasteiger partial charge in [0.05, 0.1) is 5.92 Å². The molecular weight excluding hydrogens is 547 g/mol. The predicted molar refractivity (Wildman–Crippen MR) is 141 cm³/mol. The maximum Gasteiger partial charge on any atom is 0.252 e. The Hall–Kier alpha value is -3.99. The molecule has 1 aliphatic carbocycles. The molecule has 1 aromatic heterocycles. The highest BCUT2D eigenvalue weighted by Gasteiger charge is 2.59. The molecule has 3 aromatic rings. The van der Waals surface area contributed by atoms with Gasteiger partial charge in [0, 0.05) is 48.4 Å². The van der Waals surface area contributed by atoms with Crippen LogP contribution in [0.1, 0.15) is 43.6 Å². The molecule has 1 saturated heterocycles. The molecule has 2 heterocycles. The second-order valence-corrected chi connectivity index (χ2v) is 10.4. The van der Waals surface area contributed by atoms with Gasteiger partial charge < -0.3 is 10.6 Å². The maximum absolute atomic E-state index is 14.4. The van der Waals surface area contributed by atoms with Crippen LogP contribution < -0.4 is 15.5 Å². The fraction of sp³-hybridized carbons (Fsp3) is 0.321. The molecule has 208 valence electrons. The number of amides is 3. The third kappa shape index (κ3) is 5.25. The number of halogens is 4. The van der Waals surface area contributed by atoms with E-state index >= 15 is 0 Å². The second-order valence-electron chi connectivity index (χ2n) is 9.94. The topological polar surface area (TPSA) is 104 Å². The van der Waals surface area contributed by atoms with E-state index < -0.39 is 59.8 Å². The molecule has 1 aliphatic heterocycles. The number of rotatable bonds is 7. The van der Waals surface area contributed by atoms with Crippen LogP contribution in [0.3, 0.4) is 0 Å². The summed E-state index contributed by atoms with van der Waals surface area (Å²) in [6.45, 7) is 0. The molecule has 1 unspecified atom stereocenters. The molecule has 0 bridgehead atoms. The summed E-state index contributed by atoms with van der Waals surface area (Å²) in [5.74, 6) is -7.20. The number of anilines is 2. The number of alkyl halides is 2. The molecule has 12 heteroatoms. The number of hydrogen-bond donors (Lipinski definition) is 2. The summed E-state index contributed by atoms with van der Waals surface area (Å²) in [4.78, 5) is 51.6. The van der Waals surface area contributed by atoms with Crippen LogP contribution in [0.4, 0.5) is 24.8 Å². The monoisotopic (exact) mass is 571 g/mol. The Morgan fingerprint density at radius 3 is 2.45 bits per heavy atom. The number of hydrogen-bond acceptors (Lipinski definition) is 5. The van der Waals surface area contributed by atoms with E-state index in [1.165, 1.54) is 42.7 Å². The minimum atomic E-state index is -2.91. The van der Waals surface area contributed by atoms with Crippen LogP contribution in [0.15, 0.2) is 67.0 Å². The van der Waals surface area contributed by atoms with Gasteiger partial charge in [-0.25, -0.2) is 23.1 Å². The lowest BCUT2D eigenvalue weighted by molar-refractivity contribution is -0.138. The molecule has 2 fully saturated rings. The van der Waals surface area contributed by atoms with E-state index in [9.17, 15) is 27.6 Å². The molecule has 2 aliphatic rings. The molecular formula is C28H25ClF3N5O3. The molecule has 2 aromatic carbocycles. The van der Waals surface area contributed by atoms with E-state index in [-0.39, 0.29) is 41.5 Å². The van der Waals surface area contributed by atoms with Crippen LogP contribution in [0.5, 0.6) is 0 Å². The second kappa shape index (κ2) is 10.9. The first kappa shape index (κ1) is 27.6. The number of carbonyl (C=O) groups excluding carboxylic acids is 3. The Morgan fingerprint density at radius 1 is 1.05 bits per heavy atom. The van der Waals surface area contributed by atoms with Crippen LogP contribution in [0.25, 0.3) is 0 Å². The van der Waals surface area contributed by atoms with Crippen molar-refractivity contribution in [2.24, 2.45) is 0 Å². The number of nitrogens with one attached hydrogen (secondary N) is 2. The minimum Gasteiger partial charge on any atom is -0.352 e. The zero-order chi connectivity index (χ0) is 28.5. The third-order valence-corrected chi connectivity index (χ3v) is 7.56. The SMILES string of the molecule is O=C(NC1CC(F)(F)C1)[C@@H](c1ccccc1Cl)C1(C(=O)Nc2cccc(F)c2)CCCC(=O)N1c1ncccn1. The van der Waals surface area contributed by atoms with Crippen LogP contribution in [-0.4, -0.2) is 45.2 Å². The average Bonchev–Trinajstić information content (AvgIpc) is 2.89. The van der Waals surface area contributed by atoms with Gasteiger partial charge in [0.15, 0.2) is 0 Å². The number of aromatic nitrogens is 2. The molecule has 5 rings (SSSR count). The first-order chi connectivity index (χ1) is 19.1. The Balaban J connectivity index is 1.69. The van der Waals surface area contributed by atoms with Crippen molar-refractivity contribution in [1.29, 1.82) is 0 Å². The highest BCUT2D eigenvalue weighted by molar-refractivity contribution is 6.32. The fourth-order valence-corrected chi connectivity index (χ4v) is 5.69. The summed E-state index contributed by atoms with van der Waals surface area (Å²) in [7, 11) is 0. The molecule has 8 nitrogen and oxygen atoms in total. The van der Waals surface area contributed by atoms with Crippen molar-refractivity contribution in [3.63, 3.8) is 0 Å². The van der Waals surface area contributed by atoms with Gasteiger partial charge in [-0.3, -0.25) is 19.3 Å². The minimum absolute atomic E-state index is 0.0255. The van der Waals surface area contributed by atoms with Gasteiger partial charge in [-0.15, -0.1) is 0 Å². The van der Waals surface area contributed by atoms with E-state index in [0.29, 0.717) is 0 Å². The number of nitrogens with zero attached hydrogens (tertiary/aromatic N) is 3. The van der Waals surface area contributed by atoms with Gasteiger partial charge in [0.1, 0.15) is 11.4 Å². The van der Waals surface area contributed by atoms with Crippen LogP contribution >= 0.6 is 11.6 Å². The van der Waals surface area contributed by atoms with E-state index in [2.05, 4.69) is 20.6 Å². The van der Waals surface area contributed by atoms with E-state index in [4.69, 9.17) is 11.6 Å². The highest BCUT2D eigenvalue weighted by atomic mass is 35.5. The summed E-state index contributed by atoms with van der Waals surface area (Å²) < 4.78 is 41.4. The molecule has 1 saturated carbocycles. The first-order valence-electron chi connectivity index (χ1n) is 12.7. The molecule has 2 N–H and O–H groups in total. The van der Waals surface area contributed by atoms with Crippen LogP contribution in [-0.2, 0) is 14.4 Å². The first-order valence-corrected chi connectivity index (χ1v) is 13.1.